The van der Waals surface area contributed by atoms with Crippen LogP contribution in [-0.4, -0.2) is 72.8 Å². The number of nitrogens with one attached hydrogen (secondary N) is 1. The molecule has 1 aliphatic heterocycles. The smallest absolute Gasteiger partial charge is 0.225 e. The zero-order chi connectivity index (χ0) is 18.0. The average molecular weight is 486 g/mol. The summed E-state index contributed by atoms with van der Waals surface area (Å²) in [6, 6.07) is 2.36. The van der Waals surface area contributed by atoms with Gasteiger partial charge in [0.25, 0.3) is 0 Å². The van der Waals surface area contributed by atoms with Crippen LogP contribution < -0.4 is 10.2 Å². The molecule has 4 rings (SSSR count). The van der Waals surface area contributed by atoms with Crippen molar-refractivity contribution in [3.8, 4) is 0 Å². The van der Waals surface area contributed by atoms with Gasteiger partial charge in [0, 0.05) is 63.7 Å². The van der Waals surface area contributed by atoms with Crippen molar-refractivity contribution in [3.05, 3.63) is 18.5 Å². The summed E-state index contributed by atoms with van der Waals surface area (Å²) in [5, 5.41) is 3.75. The quantitative estimate of drug-likeness (QED) is 0.400. The molecule has 2 atom stereocenters. The van der Waals surface area contributed by atoms with Crippen molar-refractivity contribution in [2.24, 2.45) is 10.4 Å². The van der Waals surface area contributed by atoms with Gasteiger partial charge in [-0.15, -0.1) is 24.0 Å². The third kappa shape index (κ3) is 3.87. The van der Waals surface area contributed by atoms with Crippen molar-refractivity contribution in [2.45, 2.75) is 44.8 Å². The minimum atomic E-state index is 0. The second kappa shape index (κ2) is 8.89. The molecule has 2 unspecified atom stereocenters. The lowest BCUT2D eigenvalue weighted by Gasteiger charge is -2.61. The molecule has 8 heteroatoms. The Kier molecular flexibility index (Phi) is 6.78. The summed E-state index contributed by atoms with van der Waals surface area (Å²) in [6.07, 6.45) is 9.04. The van der Waals surface area contributed by atoms with Gasteiger partial charge in [-0.25, -0.2) is 9.97 Å². The van der Waals surface area contributed by atoms with Crippen molar-refractivity contribution in [1.29, 1.82) is 0 Å². The summed E-state index contributed by atoms with van der Waals surface area (Å²) in [6.45, 7) is 6.63. The zero-order valence-electron chi connectivity index (χ0n) is 16.3. The molecule has 27 heavy (non-hydrogen) atoms. The van der Waals surface area contributed by atoms with Crippen molar-refractivity contribution in [1.82, 2.24) is 20.2 Å². The van der Waals surface area contributed by atoms with Gasteiger partial charge in [-0.1, -0.05) is 6.42 Å². The van der Waals surface area contributed by atoms with Crippen molar-refractivity contribution in [2.75, 3.05) is 44.7 Å². The van der Waals surface area contributed by atoms with Crippen LogP contribution in [0.3, 0.4) is 0 Å². The molecule has 2 heterocycles. The van der Waals surface area contributed by atoms with E-state index in [1.807, 2.05) is 13.1 Å². The van der Waals surface area contributed by atoms with E-state index in [2.05, 4.69) is 37.0 Å². The standard InChI is InChI=1S/C19H30N6O.HI/c1-3-26-16-14-15(19(16)6-4-7-19)23-17(20-2)24-10-12-25(13-11-24)18-21-8-5-9-22-18;/h5,8-9,15-16H,3-4,6-7,10-14H2,1-2H3,(H,20,23);1H. The molecule has 1 aromatic heterocycles. The highest BCUT2D eigenvalue weighted by Gasteiger charge is 2.59. The minimum Gasteiger partial charge on any atom is -0.378 e. The zero-order valence-corrected chi connectivity index (χ0v) is 18.6. The highest BCUT2D eigenvalue weighted by atomic mass is 127. The Morgan fingerprint density at radius 2 is 1.96 bits per heavy atom. The van der Waals surface area contributed by atoms with Gasteiger partial charge in [0.15, 0.2) is 5.96 Å². The molecule has 150 valence electrons. The summed E-state index contributed by atoms with van der Waals surface area (Å²) in [4.78, 5) is 17.9. The summed E-state index contributed by atoms with van der Waals surface area (Å²) >= 11 is 0. The van der Waals surface area contributed by atoms with E-state index >= 15 is 0 Å². The molecule has 0 amide bonds. The van der Waals surface area contributed by atoms with Crippen LogP contribution in [0.15, 0.2) is 23.5 Å². The number of nitrogens with zero attached hydrogens (tertiary/aromatic N) is 5. The number of halogens is 1. The van der Waals surface area contributed by atoms with E-state index in [1.54, 1.807) is 12.4 Å². The minimum absolute atomic E-state index is 0. The molecule has 1 N–H and O–H groups in total. The predicted octanol–water partition coefficient (Wildman–Crippen LogP) is 2.14. The molecule has 0 bridgehead atoms. The molecule has 0 radical (unpaired) electrons. The Balaban J connectivity index is 0.00000210. The van der Waals surface area contributed by atoms with Crippen LogP contribution in [0, 0.1) is 5.41 Å². The van der Waals surface area contributed by atoms with Crippen LogP contribution in [0.4, 0.5) is 5.95 Å². The van der Waals surface area contributed by atoms with Crippen LogP contribution in [-0.2, 0) is 4.74 Å². The van der Waals surface area contributed by atoms with Crippen LogP contribution in [0.2, 0.25) is 0 Å². The maximum absolute atomic E-state index is 5.98. The predicted molar refractivity (Wildman–Crippen MR) is 118 cm³/mol. The first kappa shape index (κ1) is 20.6. The first-order chi connectivity index (χ1) is 12.8. The maximum Gasteiger partial charge on any atom is 0.225 e. The number of aromatic nitrogens is 2. The van der Waals surface area contributed by atoms with Gasteiger partial charge in [0.1, 0.15) is 0 Å². The second-order valence-corrected chi connectivity index (χ2v) is 7.53. The molecule has 3 aliphatic rings. The van der Waals surface area contributed by atoms with E-state index in [4.69, 9.17) is 4.74 Å². The number of ether oxygens (including phenoxy) is 1. The van der Waals surface area contributed by atoms with Gasteiger partial charge in [-0.05, 0) is 32.3 Å². The molecule has 0 aromatic carbocycles. The molecular formula is C19H31IN6O. The molecule has 3 fully saturated rings. The molecule has 1 spiro atoms. The van der Waals surface area contributed by atoms with E-state index < -0.39 is 0 Å². The maximum atomic E-state index is 5.98. The Bertz CT molecular complexity index is 630. The van der Waals surface area contributed by atoms with Gasteiger partial charge in [0.2, 0.25) is 5.95 Å². The molecular weight excluding hydrogens is 455 g/mol. The van der Waals surface area contributed by atoms with Crippen molar-refractivity contribution in [3.63, 3.8) is 0 Å². The van der Waals surface area contributed by atoms with E-state index in [-0.39, 0.29) is 24.0 Å². The number of aliphatic imine (C=N–C) groups is 1. The summed E-state index contributed by atoms with van der Waals surface area (Å²) in [5.74, 6) is 1.85. The number of anilines is 1. The second-order valence-electron chi connectivity index (χ2n) is 7.53. The summed E-state index contributed by atoms with van der Waals surface area (Å²) in [5.41, 5.74) is 0.353. The lowest BCUT2D eigenvalue weighted by atomic mass is 9.51. The van der Waals surface area contributed by atoms with E-state index in [0.29, 0.717) is 17.6 Å². The normalized spacial score (nSPS) is 26.8. The number of piperazine rings is 1. The fourth-order valence-electron chi connectivity index (χ4n) is 4.67. The van der Waals surface area contributed by atoms with Crippen molar-refractivity contribution >= 4 is 35.9 Å². The van der Waals surface area contributed by atoms with E-state index in [9.17, 15) is 0 Å². The third-order valence-electron chi connectivity index (χ3n) is 6.37. The molecule has 1 aromatic rings. The van der Waals surface area contributed by atoms with Crippen LogP contribution in [0.5, 0.6) is 0 Å². The third-order valence-corrected chi connectivity index (χ3v) is 6.37. The fraction of sp³-hybridized carbons (Fsp3) is 0.737. The van der Waals surface area contributed by atoms with Gasteiger partial charge in [-0.3, -0.25) is 4.99 Å². The lowest BCUT2D eigenvalue weighted by Crippen LogP contribution is -2.69. The number of hydrogen-bond donors (Lipinski definition) is 1. The number of hydrogen-bond acceptors (Lipinski definition) is 5. The monoisotopic (exact) mass is 486 g/mol. The van der Waals surface area contributed by atoms with Gasteiger partial charge in [-0.2, -0.15) is 0 Å². The molecule has 7 nitrogen and oxygen atoms in total. The molecule has 1 saturated heterocycles. The number of rotatable bonds is 4. The highest BCUT2D eigenvalue weighted by Crippen LogP contribution is 2.57. The van der Waals surface area contributed by atoms with Crippen LogP contribution >= 0.6 is 24.0 Å². The van der Waals surface area contributed by atoms with Gasteiger partial charge >= 0.3 is 0 Å². The lowest BCUT2D eigenvalue weighted by molar-refractivity contribution is -0.168. The first-order valence-electron chi connectivity index (χ1n) is 9.88. The van der Waals surface area contributed by atoms with E-state index in [0.717, 1.165) is 51.1 Å². The average Bonchev–Trinajstić information content (AvgIpc) is 2.64. The summed E-state index contributed by atoms with van der Waals surface area (Å²) in [7, 11) is 1.89. The summed E-state index contributed by atoms with van der Waals surface area (Å²) < 4.78 is 5.98. The fourth-order valence-corrected chi connectivity index (χ4v) is 4.67. The van der Waals surface area contributed by atoms with Gasteiger partial charge < -0.3 is 19.9 Å². The van der Waals surface area contributed by atoms with Crippen LogP contribution in [0.25, 0.3) is 0 Å². The molecule has 2 saturated carbocycles. The first-order valence-corrected chi connectivity index (χ1v) is 9.88. The Labute approximate surface area is 179 Å². The topological polar surface area (TPSA) is 65.9 Å². The Morgan fingerprint density at radius 1 is 1.26 bits per heavy atom. The van der Waals surface area contributed by atoms with Crippen molar-refractivity contribution < 1.29 is 4.74 Å². The van der Waals surface area contributed by atoms with Gasteiger partial charge in [0.05, 0.1) is 6.10 Å². The van der Waals surface area contributed by atoms with Crippen LogP contribution in [0.1, 0.15) is 32.6 Å². The largest absolute Gasteiger partial charge is 0.378 e. The Hall–Kier alpha value is -1.16. The number of guanidine groups is 1. The van der Waals surface area contributed by atoms with E-state index in [1.165, 1.54) is 19.3 Å². The molecule has 2 aliphatic carbocycles. The SMILES string of the molecule is CCOC1CC(NC(=NC)N2CCN(c3ncccn3)CC2)C12CCC2.I. The Morgan fingerprint density at radius 3 is 2.52 bits per heavy atom. The highest BCUT2D eigenvalue weighted by molar-refractivity contribution is 14.0.